The Bertz CT molecular complexity index is 425. The third-order valence-corrected chi connectivity index (χ3v) is 2.61. The third-order valence-electron chi connectivity index (χ3n) is 2.61. The number of nitrogens with one attached hydrogen (secondary N) is 1. The summed E-state index contributed by atoms with van der Waals surface area (Å²) in [7, 11) is 0. The fourth-order valence-electron chi connectivity index (χ4n) is 1.67. The average Bonchev–Trinajstić information content (AvgIpc) is 2.37. The minimum atomic E-state index is -0.145. The largest absolute Gasteiger partial charge is 0.394 e. The van der Waals surface area contributed by atoms with Crippen LogP contribution < -0.4 is 5.32 Å². The molecule has 0 saturated heterocycles. The highest BCUT2D eigenvalue weighted by atomic mass is 16.3. The van der Waals surface area contributed by atoms with Gasteiger partial charge in [-0.3, -0.25) is 0 Å². The number of aryl methyl sites for hydroxylation is 1. The van der Waals surface area contributed by atoms with E-state index in [1.807, 2.05) is 20.8 Å². The van der Waals surface area contributed by atoms with Crippen molar-refractivity contribution >= 4 is 5.82 Å². The van der Waals surface area contributed by atoms with Gasteiger partial charge in [0, 0.05) is 6.04 Å². The van der Waals surface area contributed by atoms with Gasteiger partial charge in [0.25, 0.3) is 0 Å². The average molecular weight is 234 g/mol. The van der Waals surface area contributed by atoms with Gasteiger partial charge in [-0.15, -0.1) is 5.10 Å². The first kappa shape index (κ1) is 13.4. The van der Waals surface area contributed by atoms with E-state index in [2.05, 4.69) is 21.6 Å². The molecule has 0 aliphatic heterocycles. The van der Waals surface area contributed by atoms with Crippen molar-refractivity contribution < 1.29 is 5.11 Å². The minimum Gasteiger partial charge on any atom is -0.394 e. The molecule has 0 fully saturated rings. The van der Waals surface area contributed by atoms with Gasteiger partial charge in [0.2, 0.25) is 0 Å². The number of rotatable bonds is 5. The Kier molecular flexibility index (Phi) is 4.85. The van der Waals surface area contributed by atoms with Crippen LogP contribution in [0.1, 0.15) is 37.6 Å². The molecule has 92 valence electrons. The molecule has 1 atom stereocenters. The maximum Gasteiger partial charge on any atom is 0.167 e. The van der Waals surface area contributed by atoms with Crippen LogP contribution in [0.4, 0.5) is 5.82 Å². The molecule has 1 aromatic heterocycles. The second-order valence-corrected chi connectivity index (χ2v) is 3.90. The number of aliphatic hydroxyl groups is 1. The predicted molar refractivity (Wildman–Crippen MR) is 65.7 cm³/mol. The second kappa shape index (κ2) is 6.16. The topological polar surface area (TPSA) is 81.8 Å². The first-order valence-electron chi connectivity index (χ1n) is 5.83. The predicted octanol–water partition coefficient (Wildman–Crippen LogP) is 1.27. The van der Waals surface area contributed by atoms with Gasteiger partial charge in [0.15, 0.2) is 5.82 Å². The summed E-state index contributed by atoms with van der Waals surface area (Å²) in [5, 5.41) is 29.3. The summed E-state index contributed by atoms with van der Waals surface area (Å²) >= 11 is 0. The quantitative estimate of drug-likeness (QED) is 0.801. The van der Waals surface area contributed by atoms with Crippen LogP contribution in [-0.2, 0) is 12.8 Å². The number of hydrogen-bond acceptors (Lipinski definition) is 5. The van der Waals surface area contributed by atoms with Crippen molar-refractivity contribution in [3.8, 4) is 6.07 Å². The molecule has 5 heteroatoms. The van der Waals surface area contributed by atoms with Gasteiger partial charge in [0.05, 0.1) is 12.3 Å². The Morgan fingerprint density at radius 3 is 2.53 bits per heavy atom. The first-order valence-corrected chi connectivity index (χ1v) is 5.83. The third kappa shape index (κ3) is 2.92. The molecule has 17 heavy (non-hydrogen) atoms. The maximum atomic E-state index is 9.22. The fourth-order valence-corrected chi connectivity index (χ4v) is 1.67. The lowest BCUT2D eigenvalue weighted by molar-refractivity contribution is 0.281. The van der Waals surface area contributed by atoms with Crippen molar-refractivity contribution in [3.63, 3.8) is 0 Å². The van der Waals surface area contributed by atoms with E-state index in [9.17, 15) is 5.26 Å². The Labute approximate surface area is 101 Å². The molecule has 1 aromatic rings. The Balaban J connectivity index is 3.20. The van der Waals surface area contributed by atoms with Crippen molar-refractivity contribution in [1.82, 2.24) is 10.2 Å². The van der Waals surface area contributed by atoms with Crippen molar-refractivity contribution in [1.29, 1.82) is 5.26 Å². The zero-order chi connectivity index (χ0) is 12.8. The summed E-state index contributed by atoms with van der Waals surface area (Å²) < 4.78 is 0. The van der Waals surface area contributed by atoms with E-state index in [1.54, 1.807) is 0 Å². The van der Waals surface area contributed by atoms with E-state index in [4.69, 9.17) is 5.11 Å². The van der Waals surface area contributed by atoms with Crippen LogP contribution in [0.5, 0.6) is 0 Å². The van der Waals surface area contributed by atoms with E-state index in [0.717, 1.165) is 24.1 Å². The SMILES string of the molecule is CCc1nnc(NC(C)CO)c(C#N)c1CC. The molecule has 1 rings (SSSR count). The van der Waals surface area contributed by atoms with E-state index in [1.165, 1.54) is 0 Å². The zero-order valence-electron chi connectivity index (χ0n) is 10.5. The van der Waals surface area contributed by atoms with Gasteiger partial charge in [0.1, 0.15) is 11.6 Å². The van der Waals surface area contributed by atoms with Crippen LogP contribution in [0.3, 0.4) is 0 Å². The first-order chi connectivity index (χ1) is 8.17. The molecule has 1 unspecified atom stereocenters. The lowest BCUT2D eigenvalue weighted by atomic mass is 10.0. The molecule has 5 nitrogen and oxygen atoms in total. The molecule has 0 radical (unpaired) electrons. The molecule has 0 aliphatic carbocycles. The highest BCUT2D eigenvalue weighted by molar-refractivity contribution is 5.56. The van der Waals surface area contributed by atoms with E-state index in [0.29, 0.717) is 11.4 Å². The van der Waals surface area contributed by atoms with Gasteiger partial charge in [-0.2, -0.15) is 10.4 Å². The van der Waals surface area contributed by atoms with Gasteiger partial charge in [-0.25, -0.2) is 0 Å². The molecular formula is C12H18N4O. The Morgan fingerprint density at radius 2 is 2.06 bits per heavy atom. The van der Waals surface area contributed by atoms with E-state index in [-0.39, 0.29) is 12.6 Å². The molecule has 0 aliphatic rings. The summed E-state index contributed by atoms with van der Waals surface area (Å²) in [6, 6.07) is 2.03. The number of nitriles is 1. The highest BCUT2D eigenvalue weighted by Crippen LogP contribution is 2.20. The molecule has 0 bridgehead atoms. The number of hydrogen-bond donors (Lipinski definition) is 2. The molecular weight excluding hydrogens is 216 g/mol. The van der Waals surface area contributed by atoms with Crippen molar-refractivity contribution in [2.45, 2.75) is 39.7 Å². The summed E-state index contributed by atoms with van der Waals surface area (Å²) in [6.07, 6.45) is 1.52. The molecule has 0 saturated carbocycles. The number of aromatic nitrogens is 2. The lowest BCUT2D eigenvalue weighted by Gasteiger charge is -2.15. The van der Waals surface area contributed by atoms with Crippen LogP contribution in [0.2, 0.25) is 0 Å². The highest BCUT2D eigenvalue weighted by Gasteiger charge is 2.15. The van der Waals surface area contributed by atoms with Crippen molar-refractivity contribution in [2.75, 3.05) is 11.9 Å². The van der Waals surface area contributed by atoms with Crippen LogP contribution in [0, 0.1) is 11.3 Å². The second-order valence-electron chi connectivity index (χ2n) is 3.90. The number of anilines is 1. The standard InChI is InChI=1S/C12H18N4O/c1-4-9-10(6-13)12(14-8(3)7-17)16-15-11(9)5-2/h8,17H,4-5,7H2,1-3H3,(H,14,16). The fraction of sp³-hybridized carbons (Fsp3) is 0.583. The Morgan fingerprint density at radius 1 is 1.35 bits per heavy atom. The van der Waals surface area contributed by atoms with Crippen LogP contribution in [-0.4, -0.2) is 28.0 Å². The normalized spacial score (nSPS) is 11.9. The van der Waals surface area contributed by atoms with Crippen molar-refractivity contribution in [2.24, 2.45) is 0 Å². The Hall–Kier alpha value is -1.67. The van der Waals surface area contributed by atoms with Crippen LogP contribution in [0.25, 0.3) is 0 Å². The van der Waals surface area contributed by atoms with E-state index >= 15 is 0 Å². The van der Waals surface area contributed by atoms with Crippen LogP contribution in [0.15, 0.2) is 0 Å². The molecule has 0 aromatic carbocycles. The number of aliphatic hydroxyl groups excluding tert-OH is 1. The summed E-state index contributed by atoms with van der Waals surface area (Å²) in [4.78, 5) is 0. The van der Waals surface area contributed by atoms with Gasteiger partial charge < -0.3 is 10.4 Å². The van der Waals surface area contributed by atoms with Gasteiger partial charge in [-0.05, 0) is 25.3 Å². The zero-order valence-corrected chi connectivity index (χ0v) is 10.5. The summed E-state index contributed by atoms with van der Waals surface area (Å²) in [5.41, 5.74) is 2.35. The van der Waals surface area contributed by atoms with E-state index < -0.39 is 0 Å². The van der Waals surface area contributed by atoms with Gasteiger partial charge in [-0.1, -0.05) is 13.8 Å². The molecule has 1 heterocycles. The molecule has 2 N–H and O–H groups in total. The smallest absolute Gasteiger partial charge is 0.167 e. The van der Waals surface area contributed by atoms with Gasteiger partial charge >= 0.3 is 0 Å². The minimum absolute atomic E-state index is 0.0104. The molecule has 0 amide bonds. The molecule has 0 spiro atoms. The lowest BCUT2D eigenvalue weighted by Crippen LogP contribution is -2.22. The summed E-state index contributed by atoms with van der Waals surface area (Å²) in [5.74, 6) is 0.461. The maximum absolute atomic E-state index is 9.22. The van der Waals surface area contributed by atoms with Crippen molar-refractivity contribution in [3.05, 3.63) is 16.8 Å². The number of nitrogens with zero attached hydrogens (tertiary/aromatic N) is 3. The monoisotopic (exact) mass is 234 g/mol. The van der Waals surface area contributed by atoms with Crippen LogP contribution >= 0.6 is 0 Å². The summed E-state index contributed by atoms with van der Waals surface area (Å²) in [6.45, 7) is 5.80.